The van der Waals surface area contributed by atoms with Crippen molar-refractivity contribution in [2.24, 2.45) is 0 Å². The van der Waals surface area contributed by atoms with Crippen LogP contribution in [0.3, 0.4) is 0 Å². The first-order valence-electron chi connectivity index (χ1n) is 8.94. The minimum Gasteiger partial charge on any atom is -0.504 e. The molecule has 0 atom stereocenters. The third-order valence-electron chi connectivity index (χ3n) is 4.29. The van der Waals surface area contributed by atoms with Crippen molar-refractivity contribution in [1.82, 2.24) is 15.1 Å². The van der Waals surface area contributed by atoms with Gasteiger partial charge in [-0.1, -0.05) is 12.1 Å². The molecule has 148 valence electrons. The van der Waals surface area contributed by atoms with Crippen LogP contribution < -0.4 is 5.73 Å². The fourth-order valence-corrected chi connectivity index (χ4v) is 2.92. The fourth-order valence-electron chi connectivity index (χ4n) is 2.92. The number of ether oxygens (including phenoxy) is 1. The van der Waals surface area contributed by atoms with E-state index < -0.39 is 17.2 Å². The Labute approximate surface area is 162 Å². The summed E-state index contributed by atoms with van der Waals surface area (Å²) in [7, 11) is 0. The molecule has 0 spiro atoms. The number of aromatic nitrogens is 2. The molecule has 1 aromatic heterocycles. The lowest BCUT2D eigenvalue weighted by Crippen LogP contribution is -2.39. The Balaban J connectivity index is 1.85. The zero-order chi connectivity index (χ0) is 20.5. The van der Waals surface area contributed by atoms with E-state index in [1.54, 1.807) is 17.0 Å². The predicted molar refractivity (Wildman–Crippen MR) is 104 cm³/mol. The number of para-hydroxylation sites is 1. The third kappa shape index (κ3) is 4.21. The van der Waals surface area contributed by atoms with Gasteiger partial charge in [0.15, 0.2) is 17.4 Å². The Hall–Kier alpha value is -3.16. The van der Waals surface area contributed by atoms with Crippen LogP contribution in [-0.2, 0) is 4.74 Å². The Morgan fingerprint density at radius 1 is 1.29 bits per heavy atom. The number of benzene rings is 1. The van der Waals surface area contributed by atoms with Crippen molar-refractivity contribution in [2.75, 3.05) is 18.8 Å². The normalized spacial score (nSPS) is 14.6. The average Bonchev–Trinajstić information content (AvgIpc) is 2.63. The van der Waals surface area contributed by atoms with Gasteiger partial charge in [0.25, 0.3) is 0 Å². The third-order valence-corrected chi connectivity index (χ3v) is 4.29. The molecule has 28 heavy (non-hydrogen) atoms. The largest absolute Gasteiger partial charge is 0.504 e. The second-order valence-electron chi connectivity index (χ2n) is 7.57. The standard InChI is InChI=1S/C20H23FN4O3/c1-20(2,3)28-19(27)25-9-7-12(8-10-25)14-11-16(23-24-18(14)22)13-5-4-6-15(21)17(13)26/h4-7,11,26H,8-10H2,1-3H3,(H2,22,24). The number of carbonyl (C=O) groups is 1. The van der Waals surface area contributed by atoms with Gasteiger partial charge < -0.3 is 20.5 Å². The lowest BCUT2D eigenvalue weighted by Gasteiger charge is -2.29. The summed E-state index contributed by atoms with van der Waals surface area (Å²) < 4.78 is 19.0. The molecular weight excluding hydrogens is 363 g/mol. The number of amides is 1. The van der Waals surface area contributed by atoms with E-state index in [-0.39, 0.29) is 17.5 Å². The fraction of sp³-hybridized carbons (Fsp3) is 0.350. The number of phenolic OH excluding ortho intramolecular Hbond substituents is 1. The van der Waals surface area contributed by atoms with E-state index in [1.165, 1.54) is 12.1 Å². The summed E-state index contributed by atoms with van der Waals surface area (Å²) in [5, 5.41) is 17.9. The molecule has 7 nitrogen and oxygen atoms in total. The highest BCUT2D eigenvalue weighted by atomic mass is 19.1. The summed E-state index contributed by atoms with van der Waals surface area (Å²) in [6.45, 7) is 6.32. The molecule has 1 amide bonds. The summed E-state index contributed by atoms with van der Waals surface area (Å²) in [5.74, 6) is -0.986. The van der Waals surface area contributed by atoms with Gasteiger partial charge in [-0.25, -0.2) is 9.18 Å². The van der Waals surface area contributed by atoms with Crippen LogP contribution in [0.1, 0.15) is 32.8 Å². The van der Waals surface area contributed by atoms with Gasteiger partial charge in [-0.15, -0.1) is 10.2 Å². The van der Waals surface area contributed by atoms with Gasteiger partial charge in [0, 0.05) is 24.2 Å². The Kier molecular flexibility index (Phi) is 5.22. The van der Waals surface area contributed by atoms with E-state index in [9.17, 15) is 14.3 Å². The molecule has 1 aromatic carbocycles. The first-order chi connectivity index (χ1) is 13.2. The van der Waals surface area contributed by atoms with Gasteiger partial charge in [0.1, 0.15) is 5.60 Å². The quantitative estimate of drug-likeness (QED) is 0.818. The second kappa shape index (κ2) is 7.46. The number of anilines is 1. The van der Waals surface area contributed by atoms with Crippen LogP contribution in [0, 0.1) is 5.82 Å². The van der Waals surface area contributed by atoms with Crippen LogP contribution in [0.25, 0.3) is 16.8 Å². The lowest BCUT2D eigenvalue weighted by atomic mass is 9.98. The molecule has 0 bridgehead atoms. The van der Waals surface area contributed by atoms with Crippen molar-refractivity contribution in [1.29, 1.82) is 0 Å². The van der Waals surface area contributed by atoms with Crippen molar-refractivity contribution < 1.29 is 19.0 Å². The minimum absolute atomic E-state index is 0.233. The van der Waals surface area contributed by atoms with E-state index in [4.69, 9.17) is 10.5 Å². The number of hydrogen-bond donors (Lipinski definition) is 2. The summed E-state index contributed by atoms with van der Waals surface area (Å²) in [6, 6.07) is 5.88. The number of hydrogen-bond acceptors (Lipinski definition) is 6. The van der Waals surface area contributed by atoms with Crippen molar-refractivity contribution in [3.05, 3.63) is 41.7 Å². The zero-order valence-electron chi connectivity index (χ0n) is 16.1. The number of rotatable bonds is 2. The van der Waals surface area contributed by atoms with Gasteiger partial charge in [-0.3, -0.25) is 0 Å². The highest BCUT2D eigenvalue weighted by molar-refractivity contribution is 5.79. The molecule has 0 unspecified atom stereocenters. The molecule has 0 saturated carbocycles. The molecule has 3 N–H and O–H groups in total. The second-order valence-corrected chi connectivity index (χ2v) is 7.57. The molecule has 0 fully saturated rings. The van der Waals surface area contributed by atoms with Crippen molar-refractivity contribution in [3.8, 4) is 17.0 Å². The maximum atomic E-state index is 13.7. The van der Waals surface area contributed by atoms with Crippen LogP contribution >= 0.6 is 0 Å². The minimum atomic E-state index is -0.734. The Bertz CT molecular complexity index is 938. The first kappa shape index (κ1) is 19.6. The maximum absolute atomic E-state index is 13.7. The molecule has 1 aliphatic heterocycles. The zero-order valence-corrected chi connectivity index (χ0v) is 16.1. The van der Waals surface area contributed by atoms with E-state index in [0.29, 0.717) is 30.8 Å². The number of nitrogen functional groups attached to an aromatic ring is 1. The summed E-state index contributed by atoms with van der Waals surface area (Å²) >= 11 is 0. The van der Waals surface area contributed by atoms with Crippen LogP contribution in [-0.4, -0.2) is 45.0 Å². The van der Waals surface area contributed by atoms with Crippen LogP contribution in [0.5, 0.6) is 5.75 Å². The van der Waals surface area contributed by atoms with Gasteiger partial charge >= 0.3 is 6.09 Å². The Morgan fingerprint density at radius 2 is 2.04 bits per heavy atom. The lowest BCUT2D eigenvalue weighted by molar-refractivity contribution is 0.0270. The van der Waals surface area contributed by atoms with E-state index in [1.807, 2.05) is 26.8 Å². The summed E-state index contributed by atoms with van der Waals surface area (Å²) in [5.41, 5.74) is 7.54. The number of aromatic hydroxyl groups is 1. The van der Waals surface area contributed by atoms with Gasteiger partial charge in [0.05, 0.1) is 5.69 Å². The number of phenols is 1. The summed E-state index contributed by atoms with van der Waals surface area (Å²) in [4.78, 5) is 13.8. The van der Waals surface area contributed by atoms with Crippen LogP contribution in [0.4, 0.5) is 15.0 Å². The molecular formula is C20H23FN4O3. The highest BCUT2D eigenvalue weighted by Crippen LogP contribution is 2.33. The van der Waals surface area contributed by atoms with Crippen molar-refractivity contribution in [3.63, 3.8) is 0 Å². The topological polar surface area (TPSA) is 102 Å². The van der Waals surface area contributed by atoms with Gasteiger partial charge in [-0.2, -0.15) is 0 Å². The maximum Gasteiger partial charge on any atom is 0.410 e. The SMILES string of the molecule is CC(C)(C)OC(=O)N1CC=C(c2cc(-c3cccc(F)c3O)nnc2N)CC1. The smallest absolute Gasteiger partial charge is 0.410 e. The molecule has 0 aliphatic carbocycles. The first-order valence-corrected chi connectivity index (χ1v) is 8.94. The molecule has 3 rings (SSSR count). The van der Waals surface area contributed by atoms with Crippen LogP contribution in [0.2, 0.25) is 0 Å². The predicted octanol–water partition coefficient (Wildman–Crippen LogP) is 3.59. The number of nitrogens with two attached hydrogens (primary N) is 1. The number of carbonyl (C=O) groups excluding carboxylic acids is 1. The van der Waals surface area contributed by atoms with E-state index in [0.717, 1.165) is 5.57 Å². The molecule has 0 radical (unpaired) electrons. The summed E-state index contributed by atoms with van der Waals surface area (Å²) in [6.07, 6.45) is 2.08. The average molecular weight is 386 g/mol. The molecule has 2 aromatic rings. The molecule has 2 heterocycles. The Morgan fingerprint density at radius 3 is 2.68 bits per heavy atom. The van der Waals surface area contributed by atoms with Crippen molar-refractivity contribution >= 4 is 17.5 Å². The monoisotopic (exact) mass is 386 g/mol. The van der Waals surface area contributed by atoms with Gasteiger partial charge in [0.2, 0.25) is 0 Å². The number of halogens is 1. The van der Waals surface area contributed by atoms with Gasteiger partial charge in [-0.05, 0) is 51.0 Å². The van der Waals surface area contributed by atoms with Crippen molar-refractivity contribution in [2.45, 2.75) is 32.8 Å². The van der Waals surface area contributed by atoms with E-state index >= 15 is 0 Å². The molecule has 0 saturated heterocycles. The van der Waals surface area contributed by atoms with Crippen LogP contribution in [0.15, 0.2) is 30.3 Å². The number of nitrogens with zero attached hydrogens (tertiary/aromatic N) is 3. The molecule has 8 heteroatoms. The highest BCUT2D eigenvalue weighted by Gasteiger charge is 2.25. The molecule has 1 aliphatic rings. The van der Waals surface area contributed by atoms with E-state index in [2.05, 4.69) is 10.2 Å².